The van der Waals surface area contributed by atoms with E-state index in [1.807, 2.05) is 66.2 Å². The van der Waals surface area contributed by atoms with Crippen molar-refractivity contribution in [2.24, 2.45) is 0 Å². The molecule has 1 N–H and O–H groups in total. The topological polar surface area (TPSA) is 62.6 Å². The number of anilines is 2. The van der Waals surface area contributed by atoms with Gasteiger partial charge in [0.1, 0.15) is 5.75 Å². The third-order valence-electron chi connectivity index (χ3n) is 5.19. The minimum absolute atomic E-state index is 0.0407. The average molecular weight is 440 g/mol. The highest BCUT2D eigenvalue weighted by Crippen LogP contribution is 2.24. The number of piperazine rings is 1. The number of rotatable bonds is 7. The highest BCUT2D eigenvalue weighted by molar-refractivity contribution is 6.30. The molecule has 1 amide bonds. The third kappa shape index (κ3) is 5.18. The van der Waals surface area contributed by atoms with E-state index in [-0.39, 0.29) is 5.91 Å². The molecule has 0 atom stereocenters. The minimum atomic E-state index is -0.0407. The van der Waals surface area contributed by atoms with E-state index in [2.05, 4.69) is 20.1 Å². The quantitative estimate of drug-likeness (QED) is 0.608. The number of hydrogen-bond acceptors (Lipinski definition) is 5. The molecule has 0 saturated carbocycles. The molecule has 1 aliphatic heterocycles. The second-order valence-corrected chi connectivity index (χ2v) is 7.75. The lowest BCUT2D eigenvalue weighted by Crippen LogP contribution is -2.49. The molecule has 0 unspecified atom stereocenters. The maximum Gasteiger partial charge on any atom is 0.238 e. The maximum atomic E-state index is 12.6. The monoisotopic (exact) mass is 439 g/mol. The van der Waals surface area contributed by atoms with Gasteiger partial charge in [0.15, 0.2) is 0 Å². The molecule has 0 radical (unpaired) electrons. The van der Waals surface area contributed by atoms with Crippen LogP contribution in [0.5, 0.6) is 5.75 Å². The van der Waals surface area contributed by atoms with Crippen LogP contribution >= 0.6 is 11.6 Å². The molecule has 0 aliphatic carbocycles. The second-order valence-electron chi connectivity index (χ2n) is 7.32. The molecule has 2 aromatic carbocycles. The standard InChI is InChI=1S/C23H26ClN5O2/c1-2-31-21-9-4-3-8-20(21)26-22(30)17-27-12-14-28(15-13-27)23-25-10-11-29(23)19-7-5-6-18(24)16-19/h3-11,16H,2,12-15,17H2,1H3,(H,26,30). The predicted octanol–water partition coefficient (Wildman–Crippen LogP) is 3.69. The zero-order chi connectivity index (χ0) is 21.6. The molecule has 31 heavy (non-hydrogen) atoms. The smallest absolute Gasteiger partial charge is 0.238 e. The first kappa shape index (κ1) is 21.2. The Balaban J connectivity index is 1.34. The van der Waals surface area contributed by atoms with E-state index in [4.69, 9.17) is 16.3 Å². The number of imidazole rings is 1. The number of nitrogens with one attached hydrogen (secondary N) is 1. The van der Waals surface area contributed by atoms with Gasteiger partial charge in [-0.1, -0.05) is 29.8 Å². The van der Waals surface area contributed by atoms with Crippen molar-refractivity contribution in [3.63, 3.8) is 0 Å². The predicted molar refractivity (Wildman–Crippen MR) is 123 cm³/mol. The van der Waals surface area contributed by atoms with E-state index in [1.54, 1.807) is 6.20 Å². The number of para-hydroxylation sites is 2. The number of benzene rings is 2. The Labute approximate surface area is 187 Å². The first-order valence-electron chi connectivity index (χ1n) is 10.4. The lowest BCUT2D eigenvalue weighted by atomic mass is 10.2. The molecule has 7 nitrogen and oxygen atoms in total. The molecular formula is C23H26ClN5O2. The molecule has 162 valence electrons. The molecule has 1 aromatic heterocycles. The average Bonchev–Trinajstić information content (AvgIpc) is 3.26. The summed E-state index contributed by atoms with van der Waals surface area (Å²) in [6.45, 7) is 5.97. The van der Waals surface area contributed by atoms with Crippen LogP contribution in [-0.2, 0) is 4.79 Å². The number of hydrogen-bond donors (Lipinski definition) is 1. The molecular weight excluding hydrogens is 414 g/mol. The van der Waals surface area contributed by atoms with Gasteiger partial charge in [0, 0.05) is 49.3 Å². The molecule has 0 spiro atoms. The van der Waals surface area contributed by atoms with Crippen LogP contribution in [0.2, 0.25) is 5.02 Å². The zero-order valence-electron chi connectivity index (χ0n) is 17.5. The van der Waals surface area contributed by atoms with Crippen molar-refractivity contribution in [1.82, 2.24) is 14.5 Å². The van der Waals surface area contributed by atoms with Crippen molar-refractivity contribution < 1.29 is 9.53 Å². The summed E-state index contributed by atoms with van der Waals surface area (Å²) in [5, 5.41) is 3.66. The van der Waals surface area contributed by atoms with Gasteiger partial charge in [0.05, 0.1) is 18.8 Å². The number of nitrogens with zero attached hydrogens (tertiary/aromatic N) is 4. The Bertz CT molecular complexity index is 1030. The van der Waals surface area contributed by atoms with Crippen LogP contribution in [0.15, 0.2) is 60.9 Å². The van der Waals surface area contributed by atoms with Crippen LogP contribution in [-0.4, -0.2) is 59.7 Å². The zero-order valence-corrected chi connectivity index (χ0v) is 18.3. The van der Waals surface area contributed by atoms with Gasteiger partial charge in [0.2, 0.25) is 11.9 Å². The summed E-state index contributed by atoms with van der Waals surface area (Å²) >= 11 is 6.15. The maximum absolute atomic E-state index is 12.6. The minimum Gasteiger partial charge on any atom is -0.492 e. The fraction of sp³-hybridized carbons (Fsp3) is 0.304. The van der Waals surface area contributed by atoms with Crippen molar-refractivity contribution in [3.8, 4) is 11.4 Å². The fourth-order valence-corrected chi connectivity index (χ4v) is 3.89. The summed E-state index contributed by atoms with van der Waals surface area (Å²) < 4.78 is 7.63. The van der Waals surface area contributed by atoms with Crippen molar-refractivity contribution in [3.05, 3.63) is 65.9 Å². The van der Waals surface area contributed by atoms with E-state index < -0.39 is 0 Å². The Morgan fingerprint density at radius 1 is 1.13 bits per heavy atom. The Morgan fingerprint density at radius 2 is 1.94 bits per heavy atom. The number of aromatic nitrogens is 2. The summed E-state index contributed by atoms with van der Waals surface area (Å²) in [6, 6.07) is 15.2. The number of carbonyl (C=O) groups excluding carboxylic acids is 1. The van der Waals surface area contributed by atoms with Gasteiger partial charge in [-0.3, -0.25) is 14.3 Å². The van der Waals surface area contributed by atoms with Crippen molar-refractivity contribution >= 4 is 29.1 Å². The van der Waals surface area contributed by atoms with Gasteiger partial charge in [-0.15, -0.1) is 0 Å². The van der Waals surface area contributed by atoms with Gasteiger partial charge in [0.25, 0.3) is 0 Å². The first-order valence-corrected chi connectivity index (χ1v) is 10.8. The lowest BCUT2D eigenvalue weighted by molar-refractivity contribution is -0.117. The number of halogens is 1. The van der Waals surface area contributed by atoms with Crippen LogP contribution < -0.4 is 15.0 Å². The fourth-order valence-electron chi connectivity index (χ4n) is 3.71. The van der Waals surface area contributed by atoms with Gasteiger partial charge < -0.3 is 15.0 Å². The van der Waals surface area contributed by atoms with E-state index >= 15 is 0 Å². The normalized spacial score (nSPS) is 14.5. The van der Waals surface area contributed by atoms with Crippen molar-refractivity contribution in [2.45, 2.75) is 6.92 Å². The largest absolute Gasteiger partial charge is 0.492 e. The van der Waals surface area contributed by atoms with Crippen LogP contribution in [0.25, 0.3) is 5.69 Å². The van der Waals surface area contributed by atoms with E-state index in [0.717, 1.165) is 37.8 Å². The van der Waals surface area contributed by atoms with Gasteiger partial charge in [-0.2, -0.15) is 0 Å². The molecule has 1 aliphatic rings. The second kappa shape index (κ2) is 9.85. The molecule has 3 aromatic rings. The number of ether oxygens (including phenoxy) is 1. The van der Waals surface area contributed by atoms with E-state index in [1.165, 1.54) is 0 Å². The number of amides is 1. The number of carbonyl (C=O) groups is 1. The first-order chi connectivity index (χ1) is 15.1. The summed E-state index contributed by atoms with van der Waals surface area (Å²) in [7, 11) is 0. The summed E-state index contributed by atoms with van der Waals surface area (Å²) in [5.41, 5.74) is 1.69. The van der Waals surface area contributed by atoms with E-state index in [0.29, 0.717) is 29.6 Å². The molecule has 2 heterocycles. The van der Waals surface area contributed by atoms with Gasteiger partial charge in [-0.25, -0.2) is 4.98 Å². The molecule has 4 rings (SSSR count). The highest BCUT2D eigenvalue weighted by Gasteiger charge is 2.22. The highest BCUT2D eigenvalue weighted by atomic mass is 35.5. The van der Waals surface area contributed by atoms with Crippen LogP contribution in [0, 0.1) is 0 Å². The Kier molecular flexibility index (Phi) is 6.74. The van der Waals surface area contributed by atoms with Gasteiger partial charge >= 0.3 is 0 Å². The third-order valence-corrected chi connectivity index (χ3v) is 5.43. The lowest BCUT2D eigenvalue weighted by Gasteiger charge is -2.35. The van der Waals surface area contributed by atoms with Crippen LogP contribution in [0.3, 0.4) is 0 Å². The Morgan fingerprint density at radius 3 is 2.71 bits per heavy atom. The SMILES string of the molecule is CCOc1ccccc1NC(=O)CN1CCN(c2nccn2-c2cccc(Cl)c2)CC1. The molecule has 0 bridgehead atoms. The van der Waals surface area contributed by atoms with Crippen molar-refractivity contribution in [2.75, 3.05) is 49.5 Å². The van der Waals surface area contributed by atoms with Crippen molar-refractivity contribution in [1.29, 1.82) is 0 Å². The van der Waals surface area contributed by atoms with Crippen LogP contribution in [0.4, 0.5) is 11.6 Å². The summed E-state index contributed by atoms with van der Waals surface area (Å²) in [5.74, 6) is 1.54. The Hall–Kier alpha value is -3.03. The summed E-state index contributed by atoms with van der Waals surface area (Å²) in [6.07, 6.45) is 3.74. The summed E-state index contributed by atoms with van der Waals surface area (Å²) in [4.78, 5) is 21.5. The van der Waals surface area contributed by atoms with E-state index in [9.17, 15) is 4.79 Å². The van der Waals surface area contributed by atoms with Gasteiger partial charge in [-0.05, 0) is 37.3 Å². The molecule has 1 fully saturated rings. The van der Waals surface area contributed by atoms with Crippen LogP contribution in [0.1, 0.15) is 6.92 Å². The molecule has 8 heteroatoms. The molecule has 1 saturated heterocycles.